The molecule has 0 spiro atoms. The minimum atomic E-state index is 0.177. The van der Waals surface area contributed by atoms with E-state index in [1.54, 1.807) is 18.3 Å². The SMILES string of the molecule is OCCCNc1ccnc2cc(O)ccc12. The van der Waals surface area contributed by atoms with Crippen molar-refractivity contribution in [1.29, 1.82) is 0 Å². The average Bonchev–Trinajstić information content (AvgIpc) is 2.29. The molecule has 16 heavy (non-hydrogen) atoms. The van der Waals surface area contributed by atoms with Crippen LogP contribution in [0.2, 0.25) is 0 Å². The summed E-state index contributed by atoms with van der Waals surface area (Å²) in [6.45, 7) is 0.896. The Labute approximate surface area is 93.6 Å². The number of nitrogens with zero attached hydrogens (tertiary/aromatic N) is 1. The third-order valence-corrected chi connectivity index (χ3v) is 2.38. The minimum absolute atomic E-state index is 0.177. The molecule has 1 aromatic carbocycles. The van der Waals surface area contributed by atoms with Gasteiger partial charge in [-0.25, -0.2) is 0 Å². The highest BCUT2D eigenvalue weighted by Crippen LogP contribution is 2.24. The fourth-order valence-electron chi connectivity index (χ4n) is 1.59. The third-order valence-electron chi connectivity index (χ3n) is 2.38. The van der Waals surface area contributed by atoms with E-state index in [4.69, 9.17) is 5.11 Å². The second-order valence-electron chi connectivity index (χ2n) is 3.56. The van der Waals surface area contributed by atoms with Crippen LogP contribution in [0.5, 0.6) is 5.75 Å². The van der Waals surface area contributed by atoms with Gasteiger partial charge in [0.15, 0.2) is 0 Å². The van der Waals surface area contributed by atoms with Crippen molar-refractivity contribution < 1.29 is 10.2 Å². The summed E-state index contributed by atoms with van der Waals surface area (Å²) in [7, 11) is 0. The molecule has 0 unspecified atom stereocenters. The topological polar surface area (TPSA) is 65.4 Å². The maximum absolute atomic E-state index is 9.34. The first-order valence-electron chi connectivity index (χ1n) is 5.24. The van der Waals surface area contributed by atoms with Crippen molar-refractivity contribution in [1.82, 2.24) is 4.98 Å². The molecule has 4 nitrogen and oxygen atoms in total. The average molecular weight is 218 g/mol. The highest BCUT2D eigenvalue weighted by atomic mass is 16.3. The van der Waals surface area contributed by atoms with E-state index in [9.17, 15) is 5.11 Å². The van der Waals surface area contributed by atoms with E-state index in [0.717, 1.165) is 23.1 Å². The summed E-state index contributed by atoms with van der Waals surface area (Å²) in [5, 5.41) is 22.2. The highest BCUT2D eigenvalue weighted by molar-refractivity contribution is 5.91. The summed E-state index contributed by atoms with van der Waals surface area (Å²) in [5.74, 6) is 0.215. The van der Waals surface area contributed by atoms with E-state index in [0.29, 0.717) is 6.42 Å². The summed E-state index contributed by atoms with van der Waals surface area (Å²) < 4.78 is 0. The Hall–Kier alpha value is -1.81. The van der Waals surface area contributed by atoms with Gasteiger partial charge < -0.3 is 15.5 Å². The summed E-state index contributed by atoms with van der Waals surface area (Å²) in [4.78, 5) is 4.18. The van der Waals surface area contributed by atoms with Crippen LogP contribution in [0.3, 0.4) is 0 Å². The molecule has 2 rings (SSSR count). The fraction of sp³-hybridized carbons (Fsp3) is 0.250. The van der Waals surface area contributed by atoms with Crippen LogP contribution in [-0.4, -0.2) is 28.3 Å². The molecule has 0 amide bonds. The van der Waals surface area contributed by atoms with Crippen molar-refractivity contribution in [2.24, 2.45) is 0 Å². The lowest BCUT2D eigenvalue weighted by atomic mass is 10.2. The number of phenols is 1. The zero-order valence-corrected chi connectivity index (χ0v) is 8.85. The van der Waals surface area contributed by atoms with Gasteiger partial charge in [-0.05, 0) is 24.6 Å². The first-order chi connectivity index (χ1) is 7.81. The largest absolute Gasteiger partial charge is 0.508 e. The number of hydrogen-bond donors (Lipinski definition) is 3. The molecule has 0 aliphatic rings. The van der Waals surface area contributed by atoms with Gasteiger partial charge in [-0.15, -0.1) is 0 Å². The smallest absolute Gasteiger partial charge is 0.117 e. The number of aliphatic hydroxyl groups is 1. The molecule has 0 saturated heterocycles. The zero-order chi connectivity index (χ0) is 11.4. The van der Waals surface area contributed by atoms with Gasteiger partial charge in [-0.1, -0.05) is 0 Å². The van der Waals surface area contributed by atoms with Crippen LogP contribution in [-0.2, 0) is 0 Å². The number of nitrogens with one attached hydrogen (secondary N) is 1. The Morgan fingerprint density at radius 1 is 1.25 bits per heavy atom. The van der Waals surface area contributed by atoms with Gasteiger partial charge in [0.25, 0.3) is 0 Å². The van der Waals surface area contributed by atoms with Gasteiger partial charge in [0, 0.05) is 36.5 Å². The molecule has 2 aromatic rings. The number of fused-ring (bicyclic) bond motifs is 1. The van der Waals surface area contributed by atoms with E-state index < -0.39 is 0 Å². The number of hydrogen-bond acceptors (Lipinski definition) is 4. The van der Waals surface area contributed by atoms with Crippen molar-refractivity contribution in [2.75, 3.05) is 18.5 Å². The molecule has 0 fully saturated rings. The molecular formula is C12H14N2O2. The Balaban J connectivity index is 2.30. The molecule has 0 atom stereocenters. The van der Waals surface area contributed by atoms with E-state index in [2.05, 4.69) is 10.3 Å². The summed E-state index contributed by atoms with van der Waals surface area (Å²) >= 11 is 0. The van der Waals surface area contributed by atoms with Crippen LogP contribution in [0.25, 0.3) is 10.9 Å². The number of anilines is 1. The lowest BCUT2D eigenvalue weighted by Gasteiger charge is -2.08. The van der Waals surface area contributed by atoms with Crippen molar-refractivity contribution in [3.05, 3.63) is 30.5 Å². The number of aliphatic hydroxyl groups excluding tert-OH is 1. The Bertz CT molecular complexity index is 485. The van der Waals surface area contributed by atoms with Crippen LogP contribution in [0.15, 0.2) is 30.5 Å². The van der Waals surface area contributed by atoms with E-state index in [1.165, 1.54) is 0 Å². The quantitative estimate of drug-likeness (QED) is 0.684. The normalized spacial score (nSPS) is 10.6. The second kappa shape index (κ2) is 4.81. The molecule has 1 heterocycles. The van der Waals surface area contributed by atoms with Crippen molar-refractivity contribution in [3.63, 3.8) is 0 Å². The number of phenolic OH excluding ortho intramolecular Hbond substituents is 1. The number of aromatic nitrogens is 1. The molecule has 1 aromatic heterocycles. The van der Waals surface area contributed by atoms with Crippen molar-refractivity contribution in [2.45, 2.75) is 6.42 Å². The van der Waals surface area contributed by atoms with Gasteiger partial charge in [-0.2, -0.15) is 0 Å². The molecule has 0 radical (unpaired) electrons. The fourth-order valence-corrected chi connectivity index (χ4v) is 1.59. The molecule has 0 aliphatic carbocycles. The van der Waals surface area contributed by atoms with Gasteiger partial charge in [0.05, 0.1) is 5.52 Å². The lowest BCUT2D eigenvalue weighted by molar-refractivity contribution is 0.292. The molecule has 0 saturated carbocycles. The number of rotatable bonds is 4. The molecular weight excluding hydrogens is 204 g/mol. The molecule has 0 aliphatic heterocycles. The van der Waals surface area contributed by atoms with Gasteiger partial charge in [0.1, 0.15) is 5.75 Å². The Kier molecular flexibility index (Phi) is 3.22. The highest BCUT2D eigenvalue weighted by Gasteiger charge is 2.01. The third kappa shape index (κ3) is 2.23. The summed E-state index contributed by atoms with van der Waals surface area (Å²) in [6, 6.07) is 6.99. The maximum Gasteiger partial charge on any atom is 0.117 e. The summed E-state index contributed by atoms with van der Waals surface area (Å²) in [5.41, 5.74) is 1.73. The predicted molar refractivity (Wildman–Crippen MR) is 63.6 cm³/mol. The Morgan fingerprint density at radius 3 is 2.94 bits per heavy atom. The Morgan fingerprint density at radius 2 is 2.12 bits per heavy atom. The van der Waals surface area contributed by atoms with E-state index in [-0.39, 0.29) is 12.4 Å². The monoisotopic (exact) mass is 218 g/mol. The summed E-state index contributed by atoms with van der Waals surface area (Å²) in [6.07, 6.45) is 2.41. The number of pyridine rings is 1. The van der Waals surface area contributed by atoms with Crippen LogP contribution in [0.4, 0.5) is 5.69 Å². The first kappa shape index (κ1) is 10.7. The number of aromatic hydroxyl groups is 1. The van der Waals surface area contributed by atoms with Crippen molar-refractivity contribution >= 4 is 16.6 Å². The predicted octanol–water partition coefficient (Wildman–Crippen LogP) is 1.73. The van der Waals surface area contributed by atoms with E-state index >= 15 is 0 Å². The number of benzene rings is 1. The van der Waals surface area contributed by atoms with Crippen LogP contribution >= 0.6 is 0 Å². The van der Waals surface area contributed by atoms with E-state index in [1.807, 2.05) is 12.1 Å². The molecule has 84 valence electrons. The van der Waals surface area contributed by atoms with Gasteiger partial charge in [0.2, 0.25) is 0 Å². The van der Waals surface area contributed by atoms with Crippen LogP contribution < -0.4 is 5.32 Å². The molecule has 4 heteroatoms. The van der Waals surface area contributed by atoms with Crippen LogP contribution in [0, 0.1) is 0 Å². The maximum atomic E-state index is 9.34. The minimum Gasteiger partial charge on any atom is -0.508 e. The molecule has 3 N–H and O–H groups in total. The standard InChI is InChI=1S/C12H14N2O2/c15-7-1-5-13-11-4-6-14-12-8-9(16)2-3-10(11)12/h2-4,6,8,15-16H,1,5,7H2,(H,13,14). The van der Waals surface area contributed by atoms with Crippen LogP contribution in [0.1, 0.15) is 6.42 Å². The first-order valence-corrected chi connectivity index (χ1v) is 5.24. The molecule has 0 bridgehead atoms. The lowest BCUT2D eigenvalue weighted by Crippen LogP contribution is -2.03. The van der Waals surface area contributed by atoms with Gasteiger partial charge in [-0.3, -0.25) is 4.98 Å². The van der Waals surface area contributed by atoms with Crippen molar-refractivity contribution in [3.8, 4) is 5.75 Å². The second-order valence-corrected chi connectivity index (χ2v) is 3.56. The van der Waals surface area contributed by atoms with Gasteiger partial charge >= 0.3 is 0 Å². The zero-order valence-electron chi connectivity index (χ0n) is 8.85.